The lowest BCUT2D eigenvalue weighted by atomic mass is 10.1. The van der Waals surface area contributed by atoms with E-state index < -0.39 is 9.84 Å². The molecule has 1 aromatic heterocycles. The van der Waals surface area contributed by atoms with E-state index in [1.807, 2.05) is 0 Å². The summed E-state index contributed by atoms with van der Waals surface area (Å²) in [6.45, 7) is 0. The van der Waals surface area contributed by atoms with Crippen molar-refractivity contribution in [1.29, 1.82) is 0 Å². The van der Waals surface area contributed by atoms with Gasteiger partial charge in [-0.25, -0.2) is 17.8 Å². The largest absolute Gasteiger partial charge is 0.352 e. The molecule has 128 valence electrons. The molecule has 0 spiro atoms. The van der Waals surface area contributed by atoms with Crippen LogP contribution in [0.15, 0.2) is 24.3 Å². The molecule has 1 aromatic carbocycles. The van der Waals surface area contributed by atoms with Gasteiger partial charge in [-0.05, 0) is 42.7 Å². The monoisotopic (exact) mass is 370 g/mol. The first-order chi connectivity index (χ1) is 11.3. The highest BCUT2D eigenvalue weighted by Crippen LogP contribution is 2.22. The summed E-state index contributed by atoms with van der Waals surface area (Å²) in [5.41, 5.74) is 1.25. The van der Waals surface area contributed by atoms with Gasteiger partial charge in [-0.3, -0.25) is 4.79 Å². The Balaban J connectivity index is 1.64. The fraction of sp³-hybridized carbons (Fsp3) is 0.375. The van der Waals surface area contributed by atoms with Gasteiger partial charge < -0.3 is 5.32 Å². The Morgan fingerprint density at radius 2 is 2.17 bits per heavy atom. The van der Waals surface area contributed by atoms with Gasteiger partial charge in [-0.1, -0.05) is 11.6 Å². The summed E-state index contributed by atoms with van der Waals surface area (Å²) in [6.07, 6.45) is 0.966. The number of pyridine rings is 1. The molecule has 2 heterocycles. The van der Waals surface area contributed by atoms with Crippen molar-refractivity contribution in [2.45, 2.75) is 25.3 Å². The average molecular weight is 371 g/mol. The molecule has 24 heavy (non-hydrogen) atoms. The van der Waals surface area contributed by atoms with Crippen LogP contribution in [0.2, 0.25) is 5.15 Å². The molecule has 1 atom stereocenters. The van der Waals surface area contributed by atoms with Crippen LogP contribution in [-0.4, -0.2) is 36.9 Å². The van der Waals surface area contributed by atoms with E-state index in [1.165, 1.54) is 12.1 Å². The fourth-order valence-electron chi connectivity index (χ4n) is 2.80. The van der Waals surface area contributed by atoms with Crippen molar-refractivity contribution in [3.8, 4) is 0 Å². The van der Waals surface area contributed by atoms with Crippen LogP contribution in [0.3, 0.4) is 0 Å². The van der Waals surface area contributed by atoms with Gasteiger partial charge in [0, 0.05) is 17.8 Å². The van der Waals surface area contributed by atoms with Gasteiger partial charge in [0.2, 0.25) is 5.91 Å². The highest BCUT2D eigenvalue weighted by Gasteiger charge is 2.28. The van der Waals surface area contributed by atoms with Crippen LogP contribution in [0.1, 0.15) is 18.4 Å². The van der Waals surface area contributed by atoms with E-state index in [-0.39, 0.29) is 40.8 Å². The van der Waals surface area contributed by atoms with E-state index in [4.69, 9.17) is 11.6 Å². The molecule has 2 aromatic rings. The fourth-order valence-corrected chi connectivity index (χ4v) is 4.71. The Bertz CT molecular complexity index is 902. The Hall–Kier alpha value is -1.73. The number of sulfone groups is 1. The van der Waals surface area contributed by atoms with E-state index in [2.05, 4.69) is 10.3 Å². The lowest BCUT2D eigenvalue weighted by Gasteiger charge is -2.11. The van der Waals surface area contributed by atoms with Crippen LogP contribution < -0.4 is 5.32 Å². The van der Waals surface area contributed by atoms with Crippen molar-refractivity contribution in [2.24, 2.45) is 0 Å². The number of aryl methyl sites for hydroxylation is 1. The van der Waals surface area contributed by atoms with Crippen molar-refractivity contribution in [2.75, 3.05) is 11.5 Å². The summed E-state index contributed by atoms with van der Waals surface area (Å²) < 4.78 is 36.1. The number of nitrogens with one attached hydrogen (secondary N) is 1. The molecular weight excluding hydrogens is 355 g/mol. The topological polar surface area (TPSA) is 76.1 Å². The van der Waals surface area contributed by atoms with Gasteiger partial charge in [0.25, 0.3) is 0 Å². The number of aromatic nitrogens is 1. The Morgan fingerprint density at radius 1 is 1.38 bits per heavy atom. The van der Waals surface area contributed by atoms with Crippen LogP contribution in [0.4, 0.5) is 4.39 Å². The standard InChI is InChI=1S/C16H16ClFN2O3S/c17-16-10(7-11-8-12(18)2-3-14(11)20-16)1-4-15(21)19-13-5-6-24(22,23)9-13/h2-3,7-8,13H,1,4-6,9H2,(H,19,21). The minimum absolute atomic E-state index is 0.00367. The zero-order valence-electron chi connectivity index (χ0n) is 12.8. The van der Waals surface area contributed by atoms with Gasteiger partial charge in [0.05, 0.1) is 17.0 Å². The second kappa shape index (κ2) is 6.64. The molecule has 0 aliphatic carbocycles. The third-order valence-corrected chi connectivity index (χ3v) is 6.12. The van der Waals surface area contributed by atoms with Crippen LogP contribution in [0.25, 0.3) is 10.9 Å². The Labute approximate surface area is 144 Å². The van der Waals surface area contributed by atoms with Crippen LogP contribution in [0.5, 0.6) is 0 Å². The predicted octanol–water partition coefficient (Wildman–Crippen LogP) is 2.26. The van der Waals surface area contributed by atoms with Gasteiger partial charge in [-0.15, -0.1) is 0 Å². The van der Waals surface area contributed by atoms with E-state index in [0.717, 1.165) is 0 Å². The average Bonchev–Trinajstić information content (AvgIpc) is 2.84. The van der Waals surface area contributed by atoms with Crippen molar-refractivity contribution in [3.63, 3.8) is 0 Å². The first kappa shape index (κ1) is 17.1. The number of halogens is 2. The smallest absolute Gasteiger partial charge is 0.220 e. The number of rotatable bonds is 4. The summed E-state index contributed by atoms with van der Waals surface area (Å²) in [7, 11) is -3.02. The maximum Gasteiger partial charge on any atom is 0.220 e. The van der Waals surface area contributed by atoms with Gasteiger partial charge >= 0.3 is 0 Å². The molecular formula is C16H16ClFN2O3S. The number of carbonyl (C=O) groups excluding carboxylic acids is 1. The summed E-state index contributed by atoms with van der Waals surface area (Å²) in [5, 5.41) is 3.63. The minimum atomic E-state index is -3.02. The first-order valence-electron chi connectivity index (χ1n) is 7.57. The molecule has 3 rings (SSSR count). The lowest BCUT2D eigenvalue weighted by Crippen LogP contribution is -2.35. The molecule has 0 saturated carbocycles. The van der Waals surface area contributed by atoms with Crippen LogP contribution >= 0.6 is 11.6 Å². The molecule has 5 nitrogen and oxygen atoms in total. The summed E-state index contributed by atoms with van der Waals surface area (Å²) >= 11 is 6.12. The van der Waals surface area contributed by atoms with E-state index in [9.17, 15) is 17.6 Å². The number of fused-ring (bicyclic) bond motifs is 1. The zero-order valence-corrected chi connectivity index (χ0v) is 14.3. The number of hydrogen-bond donors (Lipinski definition) is 1. The minimum Gasteiger partial charge on any atom is -0.352 e. The third kappa shape index (κ3) is 4.02. The van der Waals surface area contributed by atoms with Crippen molar-refractivity contribution >= 4 is 38.2 Å². The molecule has 1 aliphatic rings. The summed E-state index contributed by atoms with van der Waals surface area (Å²) in [6, 6.07) is 5.64. The van der Waals surface area contributed by atoms with Crippen molar-refractivity contribution in [3.05, 3.63) is 40.8 Å². The number of hydrogen-bond acceptors (Lipinski definition) is 4. The highest BCUT2D eigenvalue weighted by atomic mass is 35.5. The molecule has 1 unspecified atom stereocenters. The van der Waals surface area contributed by atoms with Gasteiger partial charge in [0.1, 0.15) is 11.0 Å². The highest BCUT2D eigenvalue weighted by molar-refractivity contribution is 7.91. The van der Waals surface area contributed by atoms with Gasteiger partial charge in [0.15, 0.2) is 9.84 Å². The summed E-state index contributed by atoms with van der Waals surface area (Å²) in [4.78, 5) is 16.2. The molecule has 8 heteroatoms. The molecule has 1 amide bonds. The van der Waals surface area contributed by atoms with Crippen LogP contribution in [-0.2, 0) is 21.1 Å². The summed E-state index contributed by atoms with van der Waals surface area (Å²) in [5.74, 6) is -0.481. The predicted molar refractivity (Wildman–Crippen MR) is 90.2 cm³/mol. The number of amides is 1. The SMILES string of the molecule is O=C(CCc1cc2cc(F)ccc2nc1Cl)NC1CCS(=O)(=O)C1. The van der Waals surface area contributed by atoms with E-state index >= 15 is 0 Å². The quantitative estimate of drug-likeness (QED) is 0.837. The molecule has 1 aliphatic heterocycles. The van der Waals surface area contributed by atoms with Crippen LogP contribution in [0, 0.1) is 5.82 Å². The molecule has 1 saturated heterocycles. The zero-order chi connectivity index (χ0) is 17.3. The van der Waals surface area contributed by atoms with Crippen molar-refractivity contribution in [1.82, 2.24) is 10.3 Å². The maximum absolute atomic E-state index is 13.3. The first-order valence-corrected chi connectivity index (χ1v) is 9.77. The lowest BCUT2D eigenvalue weighted by molar-refractivity contribution is -0.121. The molecule has 0 bridgehead atoms. The van der Waals surface area contributed by atoms with E-state index in [0.29, 0.717) is 29.3 Å². The van der Waals surface area contributed by atoms with Gasteiger partial charge in [-0.2, -0.15) is 0 Å². The van der Waals surface area contributed by atoms with Crippen molar-refractivity contribution < 1.29 is 17.6 Å². The number of nitrogens with zero attached hydrogens (tertiary/aromatic N) is 1. The maximum atomic E-state index is 13.3. The Kier molecular flexibility index (Phi) is 4.73. The number of benzene rings is 1. The normalized spacial score (nSPS) is 19.5. The second-order valence-electron chi connectivity index (χ2n) is 5.94. The molecule has 0 radical (unpaired) electrons. The number of carbonyl (C=O) groups is 1. The Morgan fingerprint density at radius 3 is 2.88 bits per heavy atom. The molecule has 1 N–H and O–H groups in total. The molecule has 1 fully saturated rings. The second-order valence-corrected chi connectivity index (χ2v) is 8.53. The third-order valence-electron chi connectivity index (χ3n) is 4.02. The van der Waals surface area contributed by atoms with E-state index in [1.54, 1.807) is 12.1 Å².